The molecule has 0 aliphatic carbocycles. The van der Waals surface area contributed by atoms with Crippen molar-refractivity contribution in [3.8, 4) is 11.8 Å². The zero-order valence-electron chi connectivity index (χ0n) is 7.14. The van der Waals surface area contributed by atoms with Gasteiger partial charge in [0, 0.05) is 0 Å². The molecule has 4 heteroatoms. The van der Waals surface area contributed by atoms with Gasteiger partial charge in [0.2, 0.25) is 0 Å². The number of nitrogens with one attached hydrogen (secondary N) is 1. The van der Waals surface area contributed by atoms with E-state index in [9.17, 15) is 0 Å². The maximum atomic E-state index is 5.51. The number of rotatable bonds is 1. The van der Waals surface area contributed by atoms with Crippen LogP contribution in [0.5, 0.6) is 0 Å². The number of anilines is 1. The lowest BCUT2D eigenvalue weighted by Gasteiger charge is -1.83. The lowest BCUT2D eigenvalue weighted by Crippen LogP contribution is -2.04. The number of nitrogens with two attached hydrogens (primary N) is 1. The Hall–Kier alpha value is -1.05. The first-order valence-corrected chi connectivity index (χ1v) is 4.42. The Morgan fingerprint density at radius 2 is 2.42 bits per heavy atom. The number of nitrogens with zero attached hydrogens (tertiary/aromatic N) is 1. The standard InChI is InChI=1S/C8H11N3S/c1-6-7(4-3-5-10-2)12-8(9)11-6/h10H,5H2,1-2H3,(H2,9,11). The predicted octanol–water partition coefficient (Wildman–Crippen LogP) is 0.605. The lowest BCUT2D eigenvalue weighted by atomic mass is 10.4. The fraction of sp³-hybridized carbons (Fsp3) is 0.375. The molecule has 12 heavy (non-hydrogen) atoms. The van der Waals surface area contributed by atoms with Gasteiger partial charge in [-0.25, -0.2) is 4.98 Å². The van der Waals surface area contributed by atoms with Crippen molar-refractivity contribution in [2.45, 2.75) is 6.92 Å². The van der Waals surface area contributed by atoms with Crippen molar-refractivity contribution in [3.05, 3.63) is 10.6 Å². The van der Waals surface area contributed by atoms with Gasteiger partial charge in [-0.15, -0.1) is 0 Å². The third-order valence-electron chi connectivity index (χ3n) is 1.28. The molecule has 1 heterocycles. The number of aromatic nitrogens is 1. The highest BCUT2D eigenvalue weighted by atomic mass is 32.1. The van der Waals surface area contributed by atoms with Crippen LogP contribution >= 0.6 is 11.3 Å². The molecule has 3 nitrogen and oxygen atoms in total. The quantitative estimate of drug-likeness (QED) is 0.624. The van der Waals surface area contributed by atoms with Crippen LogP contribution in [0.3, 0.4) is 0 Å². The second-order valence-corrected chi connectivity index (χ2v) is 3.33. The lowest BCUT2D eigenvalue weighted by molar-refractivity contribution is 0.938. The molecular formula is C8H11N3S. The smallest absolute Gasteiger partial charge is 0.181 e. The maximum Gasteiger partial charge on any atom is 0.181 e. The highest BCUT2D eigenvalue weighted by molar-refractivity contribution is 7.16. The van der Waals surface area contributed by atoms with Gasteiger partial charge in [0.1, 0.15) is 4.88 Å². The molecule has 0 spiro atoms. The Morgan fingerprint density at radius 3 is 2.92 bits per heavy atom. The van der Waals surface area contributed by atoms with Crippen molar-refractivity contribution < 1.29 is 0 Å². The molecule has 1 rings (SSSR count). The summed E-state index contributed by atoms with van der Waals surface area (Å²) in [5, 5.41) is 3.53. The summed E-state index contributed by atoms with van der Waals surface area (Å²) in [6.07, 6.45) is 0. The second kappa shape index (κ2) is 4.10. The first-order valence-electron chi connectivity index (χ1n) is 3.60. The van der Waals surface area contributed by atoms with Gasteiger partial charge < -0.3 is 11.1 Å². The number of hydrogen-bond donors (Lipinski definition) is 2. The van der Waals surface area contributed by atoms with Gasteiger partial charge in [0.15, 0.2) is 5.13 Å². The van der Waals surface area contributed by atoms with Gasteiger partial charge in [-0.3, -0.25) is 0 Å². The van der Waals surface area contributed by atoms with Crippen LogP contribution in [-0.2, 0) is 0 Å². The Bertz CT molecular complexity index is 319. The molecule has 1 aromatic heterocycles. The minimum Gasteiger partial charge on any atom is -0.375 e. The third kappa shape index (κ3) is 2.22. The summed E-state index contributed by atoms with van der Waals surface area (Å²) in [4.78, 5) is 5.02. The molecule has 0 fully saturated rings. The maximum absolute atomic E-state index is 5.51. The Labute approximate surface area is 76.0 Å². The van der Waals surface area contributed by atoms with Crippen molar-refractivity contribution in [2.75, 3.05) is 19.3 Å². The summed E-state index contributed by atoms with van der Waals surface area (Å²) < 4.78 is 0. The molecule has 0 saturated heterocycles. The van der Waals surface area contributed by atoms with E-state index in [1.54, 1.807) is 0 Å². The highest BCUT2D eigenvalue weighted by Gasteiger charge is 2.00. The minimum absolute atomic E-state index is 0.584. The number of nitrogen functional groups attached to an aromatic ring is 1. The molecule has 0 amide bonds. The van der Waals surface area contributed by atoms with Gasteiger partial charge in [-0.05, 0) is 14.0 Å². The van der Waals surface area contributed by atoms with Crippen molar-refractivity contribution in [1.29, 1.82) is 0 Å². The van der Waals surface area contributed by atoms with Crippen molar-refractivity contribution in [1.82, 2.24) is 10.3 Å². The molecule has 0 atom stereocenters. The fourth-order valence-corrected chi connectivity index (χ4v) is 1.45. The second-order valence-electron chi connectivity index (χ2n) is 2.30. The largest absolute Gasteiger partial charge is 0.375 e. The van der Waals surface area contributed by atoms with Gasteiger partial charge in [0.25, 0.3) is 0 Å². The molecule has 0 unspecified atom stereocenters. The van der Waals surface area contributed by atoms with Crippen LogP contribution in [0.1, 0.15) is 10.6 Å². The molecule has 3 N–H and O–H groups in total. The van der Waals surface area contributed by atoms with Crippen molar-refractivity contribution >= 4 is 16.5 Å². The van der Waals surface area contributed by atoms with E-state index < -0.39 is 0 Å². The van der Waals surface area contributed by atoms with E-state index >= 15 is 0 Å². The molecule has 64 valence electrons. The first-order chi connectivity index (χ1) is 5.74. The van der Waals surface area contributed by atoms with Gasteiger partial charge in [-0.2, -0.15) is 0 Å². The van der Waals surface area contributed by atoms with E-state index in [0.29, 0.717) is 11.7 Å². The van der Waals surface area contributed by atoms with Crippen LogP contribution in [0.15, 0.2) is 0 Å². The van der Waals surface area contributed by atoms with Gasteiger partial charge in [0.05, 0.1) is 12.2 Å². The Kier molecular flexibility index (Phi) is 3.09. The average Bonchev–Trinajstić information content (AvgIpc) is 2.31. The van der Waals surface area contributed by atoms with Crippen LogP contribution in [-0.4, -0.2) is 18.6 Å². The van der Waals surface area contributed by atoms with Crippen molar-refractivity contribution in [3.63, 3.8) is 0 Å². The van der Waals surface area contributed by atoms with E-state index in [1.165, 1.54) is 11.3 Å². The number of thiazole rings is 1. The predicted molar refractivity (Wildman–Crippen MR) is 52.1 cm³/mol. The normalized spacial score (nSPS) is 9.17. The summed E-state index contributed by atoms with van der Waals surface area (Å²) in [6.45, 7) is 2.60. The van der Waals surface area contributed by atoms with E-state index in [0.717, 1.165) is 10.6 Å². The molecule has 1 aromatic rings. The zero-order chi connectivity index (χ0) is 8.97. The molecule has 0 aliphatic rings. The minimum atomic E-state index is 0.584. The summed E-state index contributed by atoms with van der Waals surface area (Å²) in [7, 11) is 1.86. The molecule has 0 radical (unpaired) electrons. The zero-order valence-corrected chi connectivity index (χ0v) is 7.96. The topological polar surface area (TPSA) is 50.9 Å². The average molecular weight is 181 g/mol. The van der Waals surface area contributed by atoms with Crippen LogP contribution in [0.25, 0.3) is 0 Å². The number of aryl methyl sites for hydroxylation is 1. The van der Waals surface area contributed by atoms with Crippen molar-refractivity contribution in [2.24, 2.45) is 0 Å². The van der Waals surface area contributed by atoms with E-state index in [-0.39, 0.29) is 0 Å². The van der Waals surface area contributed by atoms with Crippen LogP contribution in [0.2, 0.25) is 0 Å². The van der Waals surface area contributed by atoms with Gasteiger partial charge >= 0.3 is 0 Å². The molecule has 0 aliphatic heterocycles. The fourth-order valence-electron chi connectivity index (χ4n) is 0.746. The Morgan fingerprint density at radius 1 is 1.67 bits per heavy atom. The molecule has 0 saturated carbocycles. The molecule has 0 aromatic carbocycles. The first kappa shape index (κ1) is 9.04. The summed E-state index contributed by atoms with van der Waals surface area (Å²) in [5.74, 6) is 5.96. The van der Waals surface area contributed by atoms with E-state index in [2.05, 4.69) is 22.1 Å². The third-order valence-corrected chi connectivity index (χ3v) is 2.18. The SMILES string of the molecule is CNCC#Cc1sc(N)nc1C. The monoisotopic (exact) mass is 181 g/mol. The summed E-state index contributed by atoms with van der Waals surface area (Å²) >= 11 is 1.43. The van der Waals surface area contributed by atoms with Gasteiger partial charge in [-0.1, -0.05) is 23.2 Å². The summed E-state index contributed by atoms with van der Waals surface area (Å²) in [6, 6.07) is 0. The number of hydrogen-bond acceptors (Lipinski definition) is 4. The van der Waals surface area contributed by atoms with E-state index in [4.69, 9.17) is 5.73 Å². The van der Waals surface area contributed by atoms with Crippen LogP contribution in [0.4, 0.5) is 5.13 Å². The summed E-state index contributed by atoms with van der Waals surface area (Å²) in [5.41, 5.74) is 6.43. The van der Waals surface area contributed by atoms with Crippen LogP contribution in [0, 0.1) is 18.8 Å². The van der Waals surface area contributed by atoms with E-state index in [1.807, 2.05) is 14.0 Å². The molecular weight excluding hydrogens is 170 g/mol. The van der Waals surface area contributed by atoms with Crippen LogP contribution < -0.4 is 11.1 Å². The molecule has 0 bridgehead atoms. The highest BCUT2D eigenvalue weighted by Crippen LogP contribution is 2.17. The Balaban J connectivity index is 2.76.